The molecule has 4 nitrogen and oxygen atoms in total. The zero-order chi connectivity index (χ0) is 15.0. The Balaban J connectivity index is 1.84. The van der Waals surface area contributed by atoms with Gasteiger partial charge in [-0.3, -0.25) is 0 Å². The highest BCUT2D eigenvalue weighted by Gasteiger charge is 2.28. The smallest absolute Gasteiger partial charge is 0.244 e. The van der Waals surface area contributed by atoms with Crippen molar-refractivity contribution >= 4 is 21.6 Å². The molecule has 2 aromatic carbocycles. The minimum atomic E-state index is -3.80. The second-order valence-corrected chi connectivity index (χ2v) is 7.17. The second kappa shape index (κ2) is 5.33. The summed E-state index contributed by atoms with van der Waals surface area (Å²) in [5.74, 6) is -0.415. The first-order valence-corrected chi connectivity index (χ1v) is 8.40. The summed E-state index contributed by atoms with van der Waals surface area (Å²) >= 11 is 5.77. The molecule has 2 aromatic rings. The first-order valence-electron chi connectivity index (χ1n) is 6.54. The Kier molecular flexibility index (Phi) is 3.65. The number of phenols is 1. The summed E-state index contributed by atoms with van der Waals surface area (Å²) in [5.41, 5.74) is 2.31. The van der Waals surface area contributed by atoms with Gasteiger partial charge in [-0.25, -0.2) is 13.1 Å². The Bertz CT molecular complexity index is 764. The molecule has 2 N–H and O–H groups in total. The van der Waals surface area contributed by atoms with Gasteiger partial charge >= 0.3 is 0 Å². The van der Waals surface area contributed by atoms with E-state index in [1.165, 1.54) is 18.2 Å². The van der Waals surface area contributed by atoms with Crippen molar-refractivity contribution in [1.29, 1.82) is 0 Å². The van der Waals surface area contributed by atoms with Gasteiger partial charge in [-0.15, -0.1) is 0 Å². The maximum atomic E-state index is 12.4. The van der Waals surface area contributed by atoms with Gasteiger partial charge in [0.05, 0.1) is 5.02 Å². The Morgan fingerprint density at radius 2 is 1.67 bits per heavy atom. The quantitative estimate of drug-likeness (QED) is 0.912. The number of rotatable bonds is 3. The molecular formula is C15H14ClNO3S. The molecule has 0 amide bonds. The number of para-hydroxylation sites is 1. The predicted molar refractivity (Wildman–Crippen MR) is 81.1 cm³/mol. The Labute approximate surface area is 128 Å². The predicted octanol–water partition coefficient (Wildman–Crippen LogP) is 2.49. The van der Waals surface area contributed by atoms with Crippen molar-refractivity contribution in [2.45, 2.75) is 23.8 Å². The number of phenolic OH excluding ortho intramolecular Hbond substituents is 1. The van der Waals surface area contributed by atoms with Gasteiger partial charge in [-0.2, -0.15) is 0 Å². The number of benzene rings is 2. The molecular weight excluding hydrogens is 310 g/mol. The fourth-order valence-corrected chi connectivity index (χ4v) is 4.22. The highest BCUT2D eigenvalue weighted by atomic mass is 35.5. The molecule has 1 aliphatic rings. The third-order valence-corrected chi connectivity index (χ3v) is 5.47. The number of nitrogens with one attached hydrogen (secondary N) is 1. The molecule has 6 heteroatoms. The lowest BCUT2D eigenvalue weighted by atomic mass is 10.1. The highest BCUT2D eigenvalue weighted by Crippen LogP contribution is 2.31. The molecule has 0 unspecified atom stereocenters. The van der Waals surface area contributed by atoms with Crippen LogP contribution in [0, 0.1) is 0 Å². The van der Waals surface area contributed by atoms with Gasteiger partial charge in [0.25, 0.3) is 0 Å². The van der Waals surface area contributed by atoms with Crippen LogP contribution in [0.4, 0.5) is 0 Å². The first kappa shape index (κ1) is 14.4. The van der Waals surface area contributed by atoms with E-state index >= 15 is 0 Å². The molecule has 0 saturated carbocycles. The second-order valence-electron chi connectivity index (χ2n) is 5.08. The van der Waals surface area contributed by atoms with Gasteiger partial charge in [0.1, 0.15) is 4.90 Å². The Morgan fingerprint density at radius 1 is 1.05 bits per heavy atom. The lowest BCUT2D eigenvalue weighted by Gasteiger charge is -2.14. The van der Waals surface area contributed by atoms with Crippen molar-refractivity contribution in [1.82, 2.24) is 4.72 Å². The summed E-state index contributed by atoms with van der Waals surface area (Å²) in [4.78, 5) is -0.189. The van der Waals surface area contributed by atoms with Gasteiger partial charge in [0.2, 0.25) is 10.0 Å². The monoisotopic (exact) mass is 323 g/mol. The van der Waals surface area contributed by atoms with Crippen LogP contribution in [0.15, 0.2) is 47.4 Å². The van der Waals surface area contributed by atoms with Crippen LogP contribution in [-0.4, -0.2) is 19.6 Å². The van der Waals surface area contributed by atoms with Crippen LogP contribution in [0.3, 0.4) is 0 Å². The van der Waals surface area contributed by atoms with E-state index in [1.54, 1.807) is 0 Å². The summed E-state index contributed by atoms with van der Waals surface area (Å²) in [6.07, 6.45) is 1.30. The van der Waals surface area contributed by atoms with Gasteiger partial charge in [0, 0.05) is 6.04 Å². The zero-order valence-electron chi connectivity index (χ0n) is 11.1. The molecule has 0 saturated heterocycles. The number of halogens is 1. The summed E-state index contributed by atoms with van der Waals surface area (Å²) in [6.45, 7) is 0. The topological polar surface area (TPSA) is 66.4 Å². The molecule has 3 rings (SSSR count). The average molecular weight is 324 g/mol. The Morgan fingerprint density at radius 3 is 2.29 bits per heavy atom. The van der Waals surface area contributed by atoms with E-state index in [9.17, 15) is 13.5 Å². The van der Waals surface area contributed by atoms with E-state index in [1.807, 2.05) is 24.3 Å². The zero-order valence-corrected chi connectivity index (χ0v) is 12.7. The van der Waals surface area contributed by atoms with Crippen LogP contribution in [0.2, 0.25) is 5.02 Å². The van der Waals surface area contributed by atoms with Crippen LogP contribution in [0.5, 0.6) is 5.75 Å². The molecule has 21 heavy (non-hydrogen) atoms. The summed E-state index contributed by atoms with van der Waals surface area (Å²) < 4.78 is 27.4. The molecule has 0 bridgehead atoms. The standard InChI is InChI=1S/C15H14ClNO3S/c16-13-6-3-7-14(15(13)18)21(19,20)17-12-8-10-4-1-2-5-11(10)9-12/h1-7,12,17-18H,8-9H2. The van der Waals surface area contributed by atoms with Gasteiger partial charge in [-0.05, 0) is 36.1 Å². The van der Waals surface area contributed by atoms with E-state index < -0.39 is 15.8 Å². The van der Waals surface area contributed by atoms with Crippen LogP contribution in [-0.2, 0) is 22.9 Å². The molecule has 110 valence electrons. The third kappa shape index (κ3) is 2.77. The van der Waals surface area contributed by atoms with Gasteiger partial charge in [-0.1, -0.05) is 41.9 Å². The van der Waals surface area contributed by atoms with Crippen molar-refractivity contribution in [3.63, 3.8) is 0 Å². The lowest BCUT2D eigenvalue weighted by Crippen LogP contribution is -2.35. The maximum absolute atomic E-state index is 12.4. The van der Waals surface area contributed by atoms with E-state index in [0.717, 1.165) is 11.1 Å². The number of hydrogen-bond donors (Lipinski definition) is 2. The third-order valence-electron chi connectivity index (χ3n) is 3.61. The SMILES string of the molecule is O=S(=O)(NC1Cc2ccccc2C1)c1cccc(Cl)c1O. The van der Waals surface area contributed by atoms with Crippen molar-refractivity contribution in [3.05, 3.63) is 58.6 Å². The molecule has 0 aromatic heterocycles. The normalized spacial score (nSPS) is 15.1. The van der Waals surface area contributed by atoms with Crippen LogP contribution >= 0.6 is 11.6 Å². The minimum absolute atomic E-state index is 0.0209. The molecule has 0 radical (unpaired) electrons. The van der Waals surface area contributed by atoms with Crippen LogP contribution < -0.4 is 4.72 Å². The first-order chi connectivity index (χ1) is 9.97. The van der Waals surface area contributed by atoms with Crippen molar-refractivity contribution in [2.24, 2.45) is 0 Å². The van der Waals surface area contributed by atoms with Crippen molar-refractivity contribution in [3.8, 4) is 5.75 Å². The largest absolute Gasteiger partial charge is 0.505 e. The van der Waals surface area contributed by atoms with Crippen molar-refractivity contribution < 1.29 is 13.5 Å². The van der Waals surface area contributed by atoms with E-state index in [-0.39, 0.29) is 16.0 Å². The molecule has 0 aliphatic heterocycles. The summed E-state index contributed by atoms with van der Waals surface area (Å²) in [7, 11) is -3.80. The highest BCUT2D eigenvalue weighted by molar-refractivity contribution is 7.89. The number of aromatic hydroxyl groups is 1. The average Bonchev–Trinajstić information content (AvgIpc) is 2.82. The molecule has 0 spiro atoms. The number of hydrogen-bond acceptors (Lipinski definition) is 3. The lowest BCUT2D eigenvalue weighted by molar-refractivity contribution is 0.457. The number of sulfonamides is 1. The summed E-state index contributed by atoms with van der Waals surface area (Å²) in [6, 6.07) is 12.0. The maximum Gasteiger partial charge on any atom is 0.244 e. The van der Waals surface area contributed by atoms with E-state index in [4.69, 9.17) is 11.6 Å². The minimum Gasteiger partial charge on any atom is -0.505 e. The number of fused-ring (bicyclic) bond motifs is 1. The van der Waals surface area contributed by atoms with E-state index in [2.05, 4.69) is 4.72 Å². The van der Waals surface area contributed by atoms with Crippen LogP contribution in [0.25, 0.3) is 0 Å². The van der Waals surface area contributed by atoms with Gasteiger partial charge in [0.15, 0.2) is 5.75 Å². The molecule has 0 fully saturated rings. The van der Waals surface area contributed by atoms with E-state index in [0.29, 0.717) is 12.8 Å². The molecule has 1 aliphatic carbocycles. The van der Waals surface area contributed by atoms with Crippen molar-refractivity contribution in [2.75, 3.05) is 0 Å². The van der Waals surface area contributed by atoms with Crippen LogP contribution in [0.1, 0.15) is 11.1 Å². The Hall–Kier alpha value is -1.56. The fraction of sp³-hybridized carbons (Fsp3) is 0.200. The fourth-order valence-electron chi connectivity index (χ4n) is 2.64. The molecule has 0 atom stereocenters. The summed E-state index contributed by atoms with van der Waals surface area (Å²) in [5, 5.41) is 9.85. The van der Waals surface area contributed by atoms with Gasteiger partial charge < -0.3 is 5.11 Å². The molecule has 0 heterocycles.